The first kappa shape index (κ1) is 9.34. The van der Waals surface area contributed by atoms with Gasteiger partial charge in [0.2, 0.25) is 0 Å². The molecule has 74 valence electrons. The summed E-state index contributed by atoms with van der Waals surface area (Å²) in [7, 11) is 0. The fourth-order valence-corrected chi connectivity index (χ4v) is 3.35. The van der Waals surface area contributed by atoms with Crippen LogP contribution in [0.4, 0.5) is 0 Å². The highest BCUT2D eigenvalue weighted by molar-refractivity contribution is 8.02. The predicted octanol–water partition coefficient (Wildman–Crippen LogP) is 1.04. The lowest BCUT2D eigenvalue weighted by Gasteiger charge is -2.50. The van der Waals surface area contributed by atoms with Gasteiger partial charge < -0.3 is 5.11 Å². The van der Waals surface area contributed by atoms with E-state index < -0.39 is 11.5 Å². The first-order valence-electron chi connectivity index (χ1n) is 4.64. The Morgan fingerprint density at radius 1 is 1.46 bits per heavy atom. The standard InChI is InChI=1S/C9H15NO2S/c1-9(2,8(11)12)10-4-6-3-7(5-10)13-6/h6-7H,3-5H2,1-2H3,(H,11,12). The van der Waals surface area contributed by atoms with Crippen molar-refractivity contribution in [2.45, 2.75) is 36.3 Å². The summed E-state index contributed by atoms with van der Waals surface area (Å²) >= 11 is 2.01. The zero-order chi connectivity index (χ0) is 9.64. The Hall–Kier alpha value is -0.220. The van der Waals surface area contributed by atoms with Gasteiger partial charge in [0.25, 0.3) is 0 Å². The number of carboxylic acid groups (broad SMARTS) is 1. The van der Waals surface area contributed by atoms with E-state index in [1.165, 1.54) is 6.42 Å². The maximum atomic E-state index is 11.0. The number of fused-ring (bicyclic) bond motifs is 2. The second-order valence-electron chi connectivity index (χ2n) is 4.38. The molecule has 0 spiro atoms. The minimum Gasteiger partial charge on any atom is -0.480 e. The van der Waals surface area contributed by atoms with Crippen LogP contribution >= 0.6 is 11.8 Å². The molecule has 3 heterocycles. The third kappa shape index (κ3) is 1.46. The second-order valence-corrected chi connectivity index (χ2v) is 5.99. The van der Waals surface area contributed by atoms with Gasteiger partial charge in [-0.25, -0.2) is 0 Å². The molecule has 0 amide bonds. The Morgan fingerprint density at radius 2 is 1.92 bits per heavy atom. The number of hydrogen-bond acceptors (Lipinski definition) is 3. The lowest BCUT2D eigenvalue weighted by Crippen LogP contribution is -2.61. The van der Waals surface area contributed by atoms with Crippen molar-refractivity contribution in [3.8, 4) is 0 Å². The SMILES string of the molecule is CC(C)(C(=O)O)N1CC2CC(C1)S2. The van der Waals surface area contributed by atoms with Gasteiger partial charge in [0, 0.05) is 23.6 Å². The van der Waals surface area contributed by atoms with Crippen LogP contribution in [0.5, 0.6) is 0 Å². The zero-order valence-electron chi connectivity index (χ0n) is 7.99. The average molecular weight is 201 g/mol. The molecule has 4 heteroatoms. The lowest BCUT2D eigenvalue weighted by atomic mass is 9.98. The van der Waals surface area contributed by atoms with Crippen LogP contribution in [0.3, 0.4) is 0 Å². The predicted molar refractivity (Wildman–Crippen MR) is 53.1 cm³/mol. The zero-order valence-corrected chi connectivity index (χ0v) is 8.80. The Labute approximate surface area is 82.5 Å². The minimum absolute atomic E-state index is 0.683. The second kappa shape index (κ2) is 2.89. The Balaban J connectivity index is 2.04. The number of thioether (sulfide) groups is 1. The van der Waals surface area contributed by atoms with Gasteiger partial charge in [0.1, 0.15) is 5.54 Å². The molecule has 0 saturated carbocycles. The Kier molecular flexibility index (Phi) is 2.07. The molecule has 1 N–H and O–H groups in total. The van der Waals surface area contributed by atoms with Gasteiger partial charge in [0.05, 0.1) is 0 Å². The van der Waals surface area contributed by atoms with Crippen molar-refractivity contribution in [3.05, 3.63) is 0 Å². The highest BCUT2D eigenvalue weighted by Gasteiger charge is 2.45. The van der Waals surface area contributed by atoms with Gasteiger partial charge >= 0.3 is 5.97 Å². The van der Waals surface area contributed by atoms with E-state index in [9.17, 15) is 4.79 Å². The molecule has 3 aliphatic rings. The van der Waals surface area contributed by atoms with Crippen LogP contribution in [0.15, 0.2) is 0 Å². The topological polar surface area (TPSA) is 40.5 Å². The number of nitrogens with zero attached hydrogens (tertiary/aromatic N) is 1. The molecule has 0 aromatic rings. The molecule has 2 atom stereocenters. The van der Waals surface area contributed by atoms with Crippen molar-refractivity contribution in [1.82, 2.24) is 4.90 Å². The van der Waals surface area contributed by atoms with Crippen LogP contribution in [0.1, 0.15) is 20.3 Å². The Morgan fingerprint density at radius 3 is 2.31 bits per heavy atom. The first-order valence-corrected chi connectivity index (χ1v) is 5.58. The van der Waals surface area contributed by atoms with E-state index in [4.69, 9.17) is 5.11 Å². The van der Waals surface area contributed by atoms with Gasteiger partial charge in [-0.2, -0.15) is 11.8 Å². The number of hydrogen-bond donors (Lipinski definition) is 1. The molecule has 13 heavy (non-hydrogen) atoms. The van der Waals surface area contributed by atoms with Gasteiger partial charge in [0.15, 0.2) is 0 Å². The summed E-state index contributed by atoms with van der Waals surface area (Å²) in [5.74, 6) is -0.709. The lowest BCUT2D eigenvalue weighted by molar-refractivity contribution is -0.150. The summed E-state index contributed by atoms with van der Waals surface area (Å²) in [6.45, 7) is 5.48. The van der Waals surface area contributed by atoms with Crippen LogP contribution < -0.4 is 0 Å². The molecular formula is C9H15NO2S. The molecule has 3 saturated heterocycles. The monoisotopic (exact) mass is 201 g/mol. The van der Waals surface area contributed by atoms with E-state index >= 15 is 0 Å². The number of carbonyl (C=O) groups is 1. The smallest absolute Gasteiger partial charge is 0.323 e. The van der Waals surface area contributed by atoms with Gasteiger partial charge in [-0.3, -0.25) is 9.69 Å². The summed E-state index contributed by atoms with van der Waals surface area (Å²) in [4.78, 5) is 13.1. The fraction of sp³-hybridized carbons (Fsp3) is 0.889. The minimum atomic E-state index is -0.709. The van der Waals surface area contributed by atoms with E-state index in [-0.39, 0.29) is 0 Å². The van der Waals surface area contributed by atoms with Crippen molar-refractivity contribution in [2.24, 2.45) is 0 Å². The molecule has 2 bridgehead atoms. The summed E-state index contributed by atoms with van der Waals surface area (Å²) in [5, 5.41) is 10.4. The summed E-state index contributed by atoms with van der Waals surface area (Å²) in [5.41, 5.74) is -0.683. The molecule has 0 radical (unpaired) electrons. The first-order chi connectivity index (χ1) is 6.00. The number of aliphatic carboxylic acids is 1. The van der Waals surface area contributed by atoms with Crippen molar-refractivity contribution < 1.29 is 9.90 Å². The van der Waals surface area contributed by atoms with E-state index in [0.717, 1.165) is 13.1 Å². The molecule has 2 unspecified atom stereocenters. The highest BCUT2D eigenvalue weighted by Crippen LogP contribution is 2.43. The van der Waals surface area contributed by atoms with Crippen LogP contribution in [0.2, 0.25) is 0 Å². The maximum absolute atomic E-state index is 11.0. The number of carboxylic acids is 1. The summed E-state index contributed by atoms with van der Waals surface area (Å²) in [6, 6.07) is 0. The third-order valence-corrected chi connectivity index (χ3v) is 4.53. The summed E-state index contributed by atoms with van der Waals surface area (Å²) < 4.78 is 0. The molecule has 0 aromatic carbocycles. The van der Waals surface area contributed by atoms with Crippen LogP contribution in [0.25, 0.3) is 0 Å². The van der Waals surface area contributed by atoms with Crippen molar-refractivity contribution in [2.75, 3.05) is 13.1 Å². The highest BCUT2D eigenvalue weighted by atomic mass is 32.2. The molecule has 3 nitrogen and oxygen atoms in total. The normalized spacial score (nSPS) is 34.0. The molecule has 3 rings (SSSR count). The Bertz CT molecular complexity index is 226. The van der Waals surface area contributed by atoms with E-state index in [1.807, 2.05) is 11.8 Å². The molecule has 0 aromatic heterocycles. The molecule has 0 aliphatic carbocycles. The largest absolute Gasteiger partial charge is 0.480 e. The molecule has 3 fully saturated rings. The summed E-state index contributed by atoms with van der Waals surface area (Å²) in [6.07, 6.45) is 1.29. The molecular weight excluding hydrogens is 186 g/mol. The number of rotatable bonds is 2. The van der Waals surface area contributed by atoms with E-state index in [0.29, 0.717) is 10.5 Å². The van der Waals surface area contributed by atoms with E-state index in [1.54, 1.807) is 13.8 Å². The van der Waals surface area contributed by atoms with Gasteiger partial charge in [-0.05, 0) is 20.3 Å². The van der Waals surface area contributed by atoms with Crippen LogP contribution in [-0.4, -0.2) is 45.1 Å². The van der Waals surface area contributed by atoms with Crippen molar-refractivity contribution >= 4 is 17.7 Å². The third-order valence-electron chi connectivity index (χ3n) is 3.07. The quantitative estimate of drug-likeness (QED) is 0.724. The van der Waals surface area contributed by atoms with Crippen molar-refractivity contribution in [1.29, 1.82) is 0 Å². The van der Waals surface area contributed by atoms with Gasteiger partial charge in [-0.1, -0.05) is 0 Å². The maximum Gasteiger partial charge on any atom is 0.323 e. The van der Waals surface area contributed by atoms with E-state index in [2.05, 4.69) is 4.90 Å². The van der Waals surface area contributed by atoms with Crippen molar-refractivity contribution in [3.63, 3.8) is 0 Å². The van der Waals surface area contributed by atoms with Crippen LogP contribution in [0, 0.1) is 0 Å². The fourth-order valence-electron chi connectivity index (χ4n) is 1.95. The average Bonchev–Trinajstić information content (AvgIpc) is 2.03. The van der Waals surface area contributed by atoms with Gasteiger partial charge in [-0.15, -0.1) is 0 Å². The number of piperidine rings is 1. The van der Waals surface area contributed by atoms with Crippen LogP contribution in [-0.2, 0) is 4.79 Å². The molecule has 3 aliphatic heterocycles.